The first-order chi connectivity index (χ1) is 5.75. The Balaban J connectivity index is 0. The van der Waals surface area contributed by atoms with Gasteiger partial charge in [0, 0.05) is 11.9 Å². The smallest absolute Gasteiger partial charge is 1.00 e. The van der Waals surface area contributed by atoms with Crippen molar-refractivity contribution in [1.29, 1.82) is 0 Å². The number of carbonyl (C=O) groups excluding carboxylic acids is 1. The molecule has 0 aromatic heterocycles. The standard InChI is InChI=1S/C10H12O2.ClH.Mg/c1-2-9(10(11)12)8-6-4-3-5-7-8;;/h3-7,9H,2H2,1H3,(H,11,12);1H;/q;;+2/p-2. The molecule has 0 amide bonds. The van der Waals surface area contributed by atoms with Crippen LogP contribution in [0.5, 0.6) is 0 Å². The van der Waals surface area contributed by atoms with Crippen LogP contribution >= 0.6 is 0 Å². The van der Waals surface area contributed by atoms with Crippen LogP contribution in [-0.2, 0) is 4.79 Å². The Bertz CT molecular complexity index is 264. The summed E-state index contributed by atoms with van der Waals surface area (Å²) in [5.41, 5.74) is 0.819. The number of rotatable bonds is 3. The van der Waals surface area contributed by atoms with Crippen molar-refractivity contribution in [2.24, 2.45) is 0 Å². The molecule has 4 heteroatoms. The van der Waals surface area contributed by atoms with Gasteiger partial charge in [0.05, 0.1) is 0 Å². The zero-order valence-electron chi connectivity index (χ0n) is 8.07. The van der Waals surface area contributed by atoms with Crippen LogP contribution in [0.3, 0.4) is 0 Å². The molecule has 0 aliphatic rings. The number of carboxylic acid groups (broad SMARTS) is 1. The average Bonchev–Trinajstić information content (AvgIpc) is 2.07. The summed E-state index contributed by atoms with van der Waals surface area (Å²) >= 11 is 0. The molecule has 0 heterocycles. The van der Waals surface area contributed by atoms with Crippen LogP contribution in [0.4, 0.5) is 0 Å². The second kappa shape index (κ2) is 8.09. The molecule has 0 N–H and O–H groups in total. The summed E-state index contributed by atoms with van der Waals surface area (Å²) in [4.78, 5) is 10.6. The monoisotopic (exact) mass is 222 g/mol. The number of carbonyl (C=O) groups is 1. The number of hydrogen-bond donors (Lipinski definition) is 0. The average molecular weight is 223 g/mol. The van der Waals surface area contributed by atoms with Crippen LogP contribution in [0.2, 0.25) is 0 Å². The number of carboxylic acids is 1. The van der Waals surface area contributed by atoms with Crippen LogP contribution in [0.15, 0.2) is 30.3 Å². The zero-order chi connectivity index (χ0) is 8.97. The fourth-order valence-corrected chi connectivity index (χ4v) is 1.22. The van der Waals surface area contributed by atoms with Crippen molar-refractivity contribution in [3.63, 3.8) is 0 Å². The predicted octanol–water partition coefficient (Wildman–Crippen LogP) is -2.45. The SMILES string of the molecule is CCC(C(=O)[O-])c1ccccc1.[Cl-].[Mg+2]. The van der Waals surface area contributed by atoms with Gasteiger partial charge in [0.25, 0.3) is 0 Å². The molecule has 0 aliphatic heterocycles. The molecule has 0 spiro atoms. The van der Waals surface area contributed by atoms with Gasteiger partial charge in [-0.05, 0) is 12.0 Å². The fourth-order valence-electron chi connectivity index (χ4n) is 1.22. The molecule has 0 saturated carbocycles. The van der Waals surface area contributed by atoms with Gasteiger partial charge in [-0.15, -0.1) is 0 Å². The van der Waals surface area contributed by atoms with Crippen molar-refractivity contribution >= 4 is 29.0 Å². The summed E-state index contributed by atoms with van der Waals surface area (Å²) in [6.07, 6.45) is 0.576. The van der Waals surface area contributed by atoms with Gasteiger partial charge < -0.3 is 22.3 Å². The quantitative estimate of drug-likeness (QED) is 0.534. The fraction of sp³-hybridized carbons (Fsp3) is 0.300. The van der Waals surface area contributed by atoms with Crippen LogP contribution < -0.4 is 17.5 Å². The normalized spacial score (nSPS) is 10.6. The minimum atomic E-state index is -0.997. The van der Waals surface area contributed by atoms with E-state index in [1.165, 1.54) is 0 Å². The van der Waals surface area contributed by atoms with Gasteiger partial charge in [0.15, 0.2) is 0 Å². The Morgan fingerprint density at radius 2 is 1.86 bits per heavy atom. The molecule has 2 nitrogen and oxygen atoms in total. The topological polar surface area (TPSA) is 40.1 Å². The van der Waals surface area contributed by atoms with Crippen LogP contribution in [0.1, 0.15) is 24.8 Å². The van der Waals surface area contributed by atoms with Crippen molar-refractivity contribution in [1.82, 2.24) is 0 Å². The van der Waals surface area contributed by atoms with Gasteiger partial charge in [0.1, 0.15) is 0 Å². The van der Waals surface area contributed by atoms with E-state index in [2.05, 4.69) is 0 Å². The molecule has 14 heavy (non-hydrogen) atoms. The first-order valence-corrected chi connectivity index (χ1v) is 4.01. The van der Waals surface area contributed by atoms with E-state index >= 15 is 0 Å². The molecule has 1 unspecified atom stereocenters. The minimum absolute atomic E-state index is 0. The van der Waals surface area contributed by atoms with Gasteiger partial charge in [0.2, 0.25) is 0 Å². The first-order valence-electron chi connectivity index (χ1n) is 4.01. The third-order valence-electron chi connectivity index (χ3n) is 1.89. The Morgan fingerprint density at radius 1 is 1.36 bits per heavy atom. The molecular formula is C10H11ClMgO2. The summed E-state index contributed by atoms with van der Waals surface area (Å²) in [7, 11) is 0. The van der Waals surface area contributed by atoms with Gasteiger partial charge in [-0.2, -0.15) is 0 Å². The molecule has 1 aromatic carbocycles. The van der Waals surface area contributed by atoms with Crippen molar-refractivity contribution in [2.45, 2.75) is 19.3 Å². The molecule has 1 atom stereocenters. The van der Waals surface area contributed by atoms with Crippen molar-refractivity contribution in [3.8, 4) is 0 Å². The number of benzene rings is 1. The number of halogens is 1. The van der Waals surface area contributed by atoms with E-state index in [4.69, 9.17) is 0 Å². The Morgan fingerprint density at radius 3 is 2.21 bits per heavy atom. The minimum Gasteiger partial charge on any atom is -1.00 e. The maximum atomic E-state index is 10.6. The van der Waals surface area contributed by atoms with Crippen LogP contribution in [0.25, 0.3) is 0 Å². The van der Waals surface area contributed by atoms with E-state index in [1.807, 2.05) is 37.3 Å². The molecule has 1 aromatic rings. The van der Waals surface area contributed by atoms with E-state index < -0.39 is 11.9 Å². The largest absolute Gasteiger partial charge is 2.00 e. The van der Waals surface area contributed by atoms with Gasteiger partial charge in [-0.3, -0.25) is 0 Å². The Labute approximate surface area is 106 Å². The molecule has 0 saturated heterocycles. The van der Waals surface area contributed by atoms with Gasteiger partial charge in [-0.25, -0.2) is 0 Å². The third-order valence-corrected chi connectivity index (χ3v) is 1.89. The zero-order valence-corrected chi connectivity index (χ0v) is 10.2. The number of aliphatic carboxylic acids is 1. The van der Waals surface area contributed by atoms with Crippen molar-refractivity contribution in [3.05, 3.63) is 35.9 Å². The molecule has 0 fully saturated rings. The summed E-state index contributed by atoms with van der Waals surface area (Å²) in [5, 5.41) is 10.6. The number of hydrogen-bond acceptors (Lipinski definition) is 2. The van der Waals surface area contributed by atoms with Crippen LogP contribution in [-0.4, -0.2) is 29.0 Å². The maximum absolute atomic E-state index is 10.6. The van der Waals surface area contributed by atoms with E-state index in [9.17, 15) is 9.90 Å². The van der Waals surface area contributed by atoms with E-state index in [0.717, 1.165) is 5.56 Å². The maximum Gasteiger partial charge on any atom is 2.00 e. The Hall–Kier alpha value is -0.254. The summed E-state index contributed by atoms with van der Waals surface area (Å²) in [6, 6.07) is 9.15. The molecule has 0 radical (unpaired) electrons. The summed E-state index contributed by atoms with van der Waals surface area (Å²) in [5.74, 6) is -1.46. The molecule has 72 valence electrons. The van der Waals surface area contributed by atoms with E-state index in [1.54, 1.807) is 0 Å². The van der Waals surface area contributed by atoms with E-state index in [0.29, 0.717) is 6.42 Å². The summed E-state index contributed by atoms with van der Waals surface area (Å²) < 4.78 is 0. The molecule has 0 bridgehead atoms. The molecule has 0 aliphatic carbocycles. The first kappa shape index (κ1) is 16.2. The van der Waals surface area contributed by atoms with Crippen molar-refractivity contribution < 1.29 is 22.3 Å². The van der Waals surface area contributed by atoms with Crippen molar-refractivity contribution in [2.75, 3.05) is 0 Å². The summed E-state index contributed by atoms with van der Waals surface area (Å²) in [6.45, 7) is 1.84. The Kier molecular flexibility index (Phi) is 9.35. The molecule has 1 rings (SSSR count). The third kappa shape index (κ3) is 4.31. The van der Waals surface area contributed by atoms with Gasteiger partial charge in [-0.1, -0.05) is 37.3 Å². The molecular weight excluding hydrogens is 212 g/mol. The second-order valence-corrected chi connectivity index (χ2v) is 2.69. The second-order valence-electron chi connectivity index (χ2n) is 2.69. The predicted molar refractivity (Wildman–Crippen MR) is 50.2 cm³/mol. The van der Waals surface area contributed by atoms with Crippen LogP contribution in [0, 0.1) is 0 Å². The van der Waals surface area contributed by atoms with Gasteiger partial charge >= 0.3 is 23.1 Å². The van der Waals surface area contributed by atoms with E-state index in [-0.39, 0.29) is 35.5 Å².